The molecule has 0 saturated carbocycles. The quantitative estimate of drug-likeness (QED) is 0.364. The summed E-state index contributed by atoms with van der Waals surface area (Å²) < 4.78 is 10.9. The average molecular weight is 399 g/mol. The van der Waals surface area contributed by atoms with Gasteiger partial charge < -0.3 is 25.0 Å². The van der Waals surface area contributed by atoms with Crippen LogP contribution in [0.3, 0.4) is 0 Å². The number of carbonyl (C=O) groups is 1. The molecule has 0 fully saturated rings. The van der Waals surface area contributed by atoms with Crippen LogP contribution in [0.4, 0.5) is 0 Å². The lowest BCUT2D eigenvalue weighted by Gasteiger charge is -2.15. The largest absolute Gasteiger partial charge is 0.497 e. The summed E-state index contributed by atoms with van der Waals surface area (Å²) in [5.74, 6) is 1.39. The second-order valence-electron chi connectivity index (χ2n) is 6.62. The van der Waals surface area contributed by atoms with E-state index in [-0.39, 0.29) is 12.5 Å². The molecule has 2 N–H and O–H groups in total. The fourth-order valence-electron chi connectivity index (χ4n) is 2.40. The zero-order chi connectivity index (χ0) is 20.9. The zero-order valence-electron chi connectivity index (χ0n) is 17.4. The van der Waals surface area contributed by atoms with Crippen molar-refractivity contribution in [1.29, 1.82) is 0 Å². The highest BCUT2D eigenvalue weighted by atomic mass is 16.5. The van der Waals surface area contributed by atoms with Gasteiger partial charge in [0, 0.05) is 20.6 Å². The fraction of sp³-hybridized carbons (Fsp3) is 0.364. The maximum atomic E-state index is 11.8. The van der Waals surface area contributed by atoms with Crippen LogP contribution >= 0.6 is 0 Å². The minimum Gasteiger partial charge on any atom is -0.497 e. The van der Waals surface area contributed by atoms with Crippen molar-refractivity contribution in [3.63, 3.8) is 0 Å². The van der Waals surface area contributed by atoms with Crippen molar-refractivity contribution in [2.75, 3.05) is 40.9 Å². The molecule has 0 aliphatic rings. The predicted molar refractivity (Wildman–Crippen MR) is 115 cm³/mol. The van der Waals surface area contributed by atoms with Crippen LogP contribution < -0.4 is 15.4 Å². The molecule has 0 radical (unpaired) electrons. The van der Waals surface area contributed by atoms with Crippen LogP contribution in [0.5, 0.6) is 5.75 Å². The normalized spacial score (nSPS) is 11.1. The van der Waals surface area contributed by atoms with E-state index in [4.69, 9.17) is 9.47 Å². The number of guanidine groups is 1. The van der Waals surface area contributed by atoms with Gasteiger partial charge in [0.15, 0.2) is 5.96 Å². The van der Waals surface area contributed by atoms with Gasteiger partial charge in [-0.05, 0) is 23.3 Å². The van der Waals surface area contributed by atoms with Gasteiger partial charge in [-0.25, -0.2) is 4.99 Å². The summed E-state index contributed by atoms with van der Waals surface area (Å²) in [4.78, 5) is 17.9. The maximum absolute atomic E-state index is 11.8. The topological polar surface area (TPSA) is 75.2 Å². The van der Waals surface area contributed by atoms with Crippen LogP contribution in [0.15, 0.2) is 59.6 Å². The highest BCUT2D eigenvalue weighted by Gasteiger charge is 2.06. The molecule has 0 heterocycles. The average Bonchev–Trinajstić information content (AvgIpc) is 2.75. The van der Waals surface area contributed by atoms with Crippen LogP contribution in [0.2, 0.25) is 0 Å². The van der Waals surface area contributed by atoms with Crippen LogP contribution in [0.1, 0.15) is 11.1 Å². The Morgan fingerprint density at radius 1 is 1.00 bits per heavy atom. The molecule has 7 nitrogen and oxygen atoms in total. The first-order chi connectivity index (χ1) is 14.1. The van der Waals surface area contributed by atoms with Gasteiger partial charge in [-0.15, -0.1) is 0 Å². The van der Waals surface area contributed by atoms with Gasteiger partial charge in [0.25, 0.3) is 0 Å². The summed E-state index contributed by atoms with van der Waals surface area (Å²) >= 11 is 0. The first-order valence-corrected chi connectivity index (χ1v) is 9.55. The Labute approximate surface area is 172 Å². The van der Waals surface area contributed by atoms with E-state index in [0.29, 0.717) is 32.3 Å². The number of methoxy groups -OCH3 is 1. The molecule has 1 amide bonds. The van der Waals surface area contributed by atoms with E-state index >= 15 is 0 Å². The standard InChI is InChI=1S/C22H30N4O3/c1-26(2)21(27)16-25-22(24-15-18-7-5-4-6-8-18)23-13-14-29-17-19-9-11-20(28-3)12-10-19/h4-12H,13-17H2,1-3H3,(H2,23,24,25). The minimum absolute atomic E-state index is 0.0185. The van der Waals surface area contributed by atoms with E-state index in [1.807, 2.05) is 54.6 Å². The molecule has 0 unspecified atom stereocenters. The lowest BCUT2D eigenvalue weighted by atomic mass is 10.2. The predicted octanol–water partition coefficient (Wildman–Crippen LogP) is 2.04. The van der Waals surface area contributed by atoms with E-state index in [2.05, 4.69) is 15.6 Å². The van der Waals surface area contributed by atoms with Gasteiger partial charge in [-0.1, -0.05) is 42.5 Å². The Kier molecular flexibility index (Phi) is 9.51. The van der Waals surface area contributed by atoms with Crippen LogP contribution in [0, 0.1) is 0 Å². The minimum atomic E-state index is -0.0185. The van der Waals surface area contributed by atoms with Gasteiger partial charge in [-0.3, -0.25) is 4.79 Å². The molecule has 0 atom stereocenters. The highest BCUT2D eigenvalue weighted by Crippen LogP contribution is 2.11. The van der Waals surface area contributed by atoms with E-state index < -0.39 is 0 Å². The number of benzene rings is 2. The van der Waals surface area contributed by atoms with Crippen molar-refractivity contribution in [2.24, 2.45) is 4.99 Å². The molecule has 29 heavy (non-hydrogen) atoms. The molecule has 0 aliphatic heterocycles. The van der Waals surface area contributed by atoms with Gasteiger partial charge in [0.05, 0.1) is 33.4 Å². The second kappa shape index (κ2) is 12.4. The number of rotatable bonds is 10. The molecule has 0 bridgehead atoms. The number of nitrogens with one attached hydrogen (secondary N) is 2. The van der Waals surface area contributed by atoms with E-state index in [9.17, 15) is 4.79 Å². The molecule has 2 rings (SSSR count). The monoisotopic (exact) mass is 398 g/mol. The Hall–Kier alpha value is -3.06. The van der Waals surface area contributed by atoms with E-state index in [1.165, 1.54) is 0 Å². The van der Waals surface area contributed by atoms with Gasteiger partial charge in [0.1, 0.15) is 5.75 Å². The summed E-state index contributed by atoms with van der Waals surface area (Å²) in [6.45, 7) is 2.32. The summed E-state index contributed by atoms with van der Waals surface area (Å²) in [5.41, 5.74) is 2.18. The van der Waals surface area contributed by atoms with Crippen molar-refractivity contribution in [3.05, 3.63) is 65.7 Å². The zero-order valence-corrected chi connectivity index (χ0v) is 17.4. The maximum Gasteiger partial charge on any atom is 0.241 e. The molecule has 0 spiro atoms. The molecule has 2 aromatic carbocycles. The third-order valence-corrected chi connectivity index (χ3v) is 4.14. The van der Waals surface area contributed by atoms with Gasteiger partial charge in [0.2, 0.25) is 5.91 Å². The van der Waals surface area contributed by atoms with E-state index in [0.717, 1.165) is 16.9 Å². The molecular formula is C22H30N4O3. The lowest BCUT2D eigenvalue weighted by Crippen LogP contribution is -2.43. The second-order valence-corrected chi connectivity index (χ2v) is 6.62. The number of nitrogens with zero attached hydrogens (tertiary/aromatic N) is 2. The van der Waals surface area contributed by atoms with Crippen molar-refractivity contribution < 1.29 is 14.3 Å². The molecular weight excluding hydrogens is 368 g/mol. The first kappa shape index (κ1) is 22.2. The molecule has 0 aliphatic carbocycles. The van der Waals surface area contributed by atoms with Gasteiger partial charge in [-0.2, -0.15) is 0 Å². The van der Waals surface area contributed by atoms with Crippen molar-refractivity contribution in [3.8, 4) is 5.75 Å². The summed E-state index contributed by atoms with van der Waals surface area (Å²) in [6.07, 6.45) is 0. The smallest absolute Gasteiger partial charge is 0.241 e. The number of hydrogen-bond acceptors (Lipinski definition) is 4. The molecule has 156 valence electrons. The Morgan fingerprint density at radius 3 is 2.38 bits per heavy atom. The number of amides is 1. The Bertz CT molecular complexity index is 761. The third kappa shape index (κ3) is 8.66. The number of carbonyl (C=O) groups excluding carboxylic acids is 1. The third-order valence-electron chi connectivity index (χ3n) is 4.14. The van der Waals surface area contributed by atoms with Crippen LogP contribution in [-0.4, -0.2) is 57.7 Å². The van der Waals surface area contributed by atoms with Crippen LogP contribution in [-0.2, 0) is 22.7 Å². The van der Waals surface area contributed by atoms with Crippen molar-refractivity contribution >= 4 is 11.9 Å². The summed E-state index contributed by atoms with van der Waals surface area (Å²) in [5, 5.41) is 6.28. The van der Waals surface area contributed by atoms with Crippen molar-refractivity contribution in [1.82, 2.24) is 15.5 Å². The Balaban J connectivity index is 1.79. The van der Waals surface area contributed by atoms with Crippen LogP contribution in [0.25, 0.3) is 0 Å². The fourth-order valence-corrected chi connectivity index (χ4v) is 2.40. The Morgan fingerprint density at radius 2 is 1.72 bits per heavy atom. The number of hydrogen-bond donors (Lipinski definition) is 2. The molecule has 0 aromatic heterocycles. The number of ether oxygens (including phenoxy) is 2. The number of likely N-dealkylation sites (N-methyl/N-ethyl adjacent to an activating group) is 1. The molecule has 2 aromatic rings. The van der Waals surface area contributed by atoms with E-state index in [1.54, 1.807) is 26.1 Å². The number of aliphatic imine (C=N–C) groups is 1. The first-order valence-electron chi connectivity index (χ1n) is 9.55. The highest BCUT2D eigenvalue weighted by molar-refractivity contribution is 5.86. The molecule has 7 heteroatoms. The lowest BCUT2D eigenvalue weighted by molar-refractivity contribution is -0.127. The summed E-state index contributed by atoms with van der Waals surface area (Å²) in [6, 6.07) is 17.8. The summed E-state index contributed by atoms with van der Waals surface area (Å²) in [7, 11) is 5.10. The van der Waals surface area contributed by atoms with Gasteiger partial charge >= 0.3 is 0 Å². The molecule has 0 saturated heterocycles. The SMILES string of the molecule is COc1ccc(COCCNC(=NCc2ccccc2)NCC(=O)N(C)C)cc1. The van der Waals surface area contributed by atoms with Crippen molar-refractivity contribution in [2.45, 2.75) is 13.2 Å².